The first kappa shape index (κ1) is 13.8. The van der Waals surface area contributed by atoms with Crippen LogP contribution in [0.25, 0.3) is 6.08 Å². The summed E-state index contributed by atoms with van der Waals surface area (Å²) in [6.45, 7) is 0.159. The fraction of sp³-hybridized carbons (Fsp3) is 0.154. The van der Waals surface area contributed by atoms with Crippen LogP contribution in [0, 0.1) is 0 Å². The van der Waals surface area contributed by atoms with Crippen molar-refractivity contribution in [2.45, 2.75) is 0 Å². The molecular formula is C13H12ClNO3S. The second-order valence-corrected chi connectivity index (χ2v) is 6.47. The van der Waals surface area contributed by atoms with Crippen molar-refractivity contribution in [3.8, 4) is 0 Å². The Kier molecular flexibility index (Phi) is 4.07. The Bertz CT molecular complexity index is 662. The maximum atomic E-state index is 11.7. The number of rotatable bonds is 2. The molecule has 19 heavy (non-hydrogen) atoms. The molecule has 0 bridgehead atoms. The van der Waals surface area contributed by atoms with Crippen molar-refractivity contribution < 1.29 is 13.2 Å². The van der Waals surface area contributed by atoms with Crippen LogP contribution in [0.1, 0.15) is 5.56 Å². The molecule has 0 aromatic heterocycles. The molecule has 2 rings (SSSR count). The van der Waals surface area contributed by atoms with E-state index in [-0.39, 0.29) is 17.2 Å². The first-order chi connectivity index (χ1) is 9.00. The Morgan fingerprint density at radius 1 is 1.26 bits per heavy atom. The van der Waals surface area contributed by atoms with Crippen molar-refractivity contribution >= 4 is 33.4 Å². The summed E-state index contributed by atoms with van der Waals surface area (Å²) in [4.78, 5) is 11.3. The predicted octanol–water partition coefficient (Wildman–Crippen LogP) is 1.78. The van der Waals surface area contributed by atoms with Crippen LogP contribution >= 0.6 is 11.6 Å². The van der Waals surface area contributed by atoms with Crippen molar-refractivity contribution in [1.29, 1.82) is 0 Å². The van der Waals surface area contributed by atoms with Gasteiger partial charge in [0.1, 0.15) is 4.91 Å². The smallest absolute Gasteiger partial charge is 0.262 e. The Hall–Kier alpha value is -1.59. The molecule has 0 radical (unpaired) electrons. The van der Waals surface area contributed by atoms with Crippen molar-refractivity contribution in [2.75, 3.05) is 12.3 Å². The molecule has 0 spiro atoms. The van der Waals surface area contributed by atoms with E-state index in [1.165, 1.54) is 12.2 Å². The predicted molar refractivity (Wildman–Crippen MR) is 75.4 cm³/mol. The average Bonchev–Trinajstić information content (AvgIpc) is 2.34. The molecule has 1 aromatic rings. The summed E-state index contributed by atoms with van der Waals surface area (Å²) in [5.74, 6) is -0.625. The highest BCUT2D eigenvalue weighted by Crippen LogP contribution is 2.17. The van der Waals surface area contributed by atoms with Gasteiger partial charge in [-0.15, -0.1) is 0 Å². The first-order valence-corrected chi connectivity index (χ1v) is 7.67. The van der Waals surface area contributed by atoms with Gasteiger partial charge in [-0.2, -0.15) is 0 Å². The third-order valence-electron chi connectivity index (χ3n) is 2.64. The molecule has 1 heterocycles. The molecule has 1 N–H and O–H groups in total. The van der Waals surface area contributed by atoms with Crippen LogP contribution in [0.2, 0.25) is 5.02 Å². The minimum absolute atomic E-state index is 0.0650. The van der Waals surface area contributed by atoms with Gasteiger partial charge in [-0.25, -0.2) is 8.42 Å². The molecule has 0 saturated carbocycles. The van der Waals surface area contributed by atoms with Crippen molar-refractivity contribution in [3.05, 3.63) is 51.9 Å². The summed E-state index contributed by atoms with van der Waals surface area (Å²) in [6.07, 6.45) is 4.47. The maximum Gasteiger partial charge on any atom is 0.262 e. The molecule has 1 aliphatic heterocycles. The minimum atomic E-state index is -3.47. The number of carbonyl (C=O) groups is 1. The van der Waals surface area contributed by atoms with Crippen LogP contribution in [0.15, 0.2) is 41.3 Å². The lowest BCUT2D eigenvalue weighted by Gasteiger charge is -2.14. The van der Waals surface area contributed by atoms with Gasteiger partial charge in [-0.05, 0) is 17.7 Å². The monoisotopic (exact) mass is 297 g/mol. The van der Waals surface area contributed by atoms with E-state index in [9.17, 15) is 13.2 Å². The number of amides is 1. The molecule has 1 saturated heterocycles. The van der Waals surface area contributed by atoms with Crippen LogP contribution in [0.3, 0.4) is 0 Å². The molecule has 0 unspecified atom stereocenters. The summed E-state index contributed by atoms with van der Waals surface area (Å²) < 4.78 is 23.4. The van der Waals surface area contributed by atoms with Gasteiger partial charge in [-0.1, -0.05) is 42.0 Å². The zero-order valence-corrected chi connectivity index (χ0v) is 11.5. The third-order valence-corrected chi connectivity index (χ3v) is 4.72. The fourth-order valence-corrected chi connectivity index (χ4v) is 3.10. The lowest BCUT2D eigenvalue weighted by Crippen LogP contribution is -2.39. The van der Waals surface area contributed by atoms with Gasteiger partial charge in [0.15, 0.2) is 9.84 Å². The number of hydrogen-bond donors (Lipinski definition) is 1. The van der Waals surface area contributed by atoms with Gasteiger partial charge in [0.25, 0.3) is 5.91 Å². The minimum Gasteiger partial charge on any atom is -0.350 e. The van der Waals surface area contributed by atoms with E-state index in [0.717, 1.165) is 5.56 Å². The summed E-state index contributed by atoms with van der Waals surface area (Å²) in [6, 6.07) is 7.16. The SMILES string of the molecule is O=C1NCCS(=O)(=O)/C1=C/C=C/c1ccccc1Cl. The van der Waals surface area contributed by atoms with Gasteiger partial charge < -0.3 is 5.32 Å². The molecule has 6 heteroatoms. The second kappa shape index (κ2) is 5.59. The molecule has 1 aliphatic rings. The maximum absolute atomic E-state index is 11.7. The number of hydrogen-bond acceptors (Lipinski definition) is 3. The zero-order valence-electron chi connectivity index (χ0n) is 9.97. The van der Waals surface area contributed by atoms with Crippen LogP contribution in [0.4, 0.5) is 0 Å². The number of allylic oxidation sites excluding steroid dienone is 2. The molecule has 1 amide bonds. The summed E-state index contributed by atoms with van der Waals surface area (Å²) in [5, 5.41) is 3.06. The third kappa shape index (κ3) is 3.24. The molecular weight excluding hydrogens is 286 g/mol. The van der Waals surface area contributed by atoms with Gasteiger partial charge in [0.05, 0.1) is 5.75 Å². The lowest BCUT2D eigenvalue weighted by atomic mass is 10.2. The van der Waals surface area contributed by atoms with E-state index in [4.69, 9.17) is 11.6 Å². The van der Waals surface area contributed by atoms with Crippen molar-refractivity contribution in [3.63, 3.8) is 0 Å². The Morgan fingerprint density at radius 2 is 2.00 bits per heavy atom. The standard InChI is InChI=1S/C13H12ClNO3S/c14-11-6-2-1-4-10(11)5-3-7-12-13(16)15-8-9-19(12,17)18/h1-7H,8-9H2,(H,15,16)/b5-3+,12-7+. The zero-order chi connectivity index (χ0) is 13.9. The molecule has 1 fully saturated rings. The van der Waals surface area contributed by atoms with Crippen LogP contribution in [-0.2, 0) is 14.6 Å². The van der Waals surface area contributed by atoms with Gasteiger partial charge in [0, 0.05) is 11.6 Å². The van der Waals surface area contributed by atoms with E-state index in [0.29, 0.717) is 5.02 Å². The van der Waals surface area contributed by atoms with Crippen LogP contribution in [-0.4, -0.2) is 26.6 Å². The van der Waals surface area contributed by atoms with Crippen LogP contribution in [0.5, 0.6) is 0 Å². The number of benzene rings is 1. The molecule has 100 valence electrons. The summed E-state index contributed by atoms with van der Waals surface area (Å²) in [7, 11) is -3.47. The molecule has 1 aromatic carbocycles. The van der Waals surface area contributed by atoms with E-state index in [1.807, 2.05) is 6.07 Å². The van der Waals surface area contributed by atoms with Crippen LogP contribution < -0.4 is 5.32 Å². The highest BCUT2D eigenvalue weighted by atomic mass is 35.5. The second-order valence-electron chi connectivity index (χ2n) is 3.99. The normalized spacial score (nSPS) is 20.7. The van der Waals surface area contributed by atoms with Gasteiger partial charge in [0.2, 0.25) is 0 Å². The summed E-state index contributed by atoms with van der Waals surface area (Å²) in [5.41, 5.74) is 0.759. The number of nitrogens with one attached hydrogen (secondary N) is 1. The topological polar surface area (TPSA) is 63.2 Å². The Morgan fingerprint density at radius 3 is 2.68 bits per heavy atom. The van der Waals surface area contributed by atoms with E-state index in [2.05, 4.69) is 5.32 Å². The lowest BCUT2D eigenvalue weighted by molar-refractivity contribution is -0.116. The average molecular weight is 298 g/mol. The Balaban J connectivity index is 2.27. The van der Waals surface area contributed by atoms with Crippen molar-refractivity contribution in [1.82, 2.24) is 5.32 Å². The largest absolute Gasteiger partial charge is 0.350 e. The number of sulfone groups is 1. The number of halogens is 1. The highest BCUT2D eigenvalue weighted by molar-refractivity contribution is 7.96. The molecule has 0 atom stereocenters. The fourth-order valence-electron chi connectivity index (χ4n) is 1.67. The van der Waals surface area contributed by atoms with E-state index < -0.39 is 15.7 Å². The van der Waals surface area contributed by atoms with Crippen molar-refractivity contribution in [2.24, 2.45) is 0 Å². The Labute approximate surface area is 116 Å². The van der Waals surface area contributed by atoms with Gasteiger partial charge in [-0.3, -0.25) is 4.79 Å². The summed E-state index contributed by atoms with van der Waals surface area (Å²) >= 11 is 5.96. The van der Waals surface area contributed by atoms with E-state index in [1.54, 1.807) is 24.3 Å². The molecule has 4 nitrogen and oxygen atoms in total. The van der Waals surface area contributed by atoms with E-state index >= 15 is 0 Å². The molecule has 0 aliphatic carbocycles. The number of carbonyl (C=O) groups excluding carboxylic acids is 1. The first-order valence-electron chi connectivity index (χ1n) is 5.64. The van der Waals surface area contributed by atoms with Gasteiger partial charge >= 0.3 is 0 Å². The quantitative estimate of drug-likeness (QED) is 0.846. The highest BCUT2D eigenvalue weighted by Gasteiger charge is 2.28.